The third-order valence-electron chi connectivity index (χ3n) is 5.39. The van der Waals surface area contributed by atoms with Gasteiger partial charge in [-0.3, -0.25) is 0 Å². The average Bonchev–Trinajstić information content (AvgIpc) is 2.78. The maximum absolute atomic E-state index is 13.6. The van der Waals surface area contributed by atoms with Crippen molar-refractivity contribution >= 4 is 11.6 Å². The predicted molar refractivity (Wildman–Crippen MR) is 114 cm³/mol. The zero-order valence-electron chi connectivity index (χ0n) is 16.5. The van der Waals surface area contributed by atoms with Crippen LogP contribution in [0.1, 0.15) is 23.1 Å². The SMILES string of the molecule is Fc1cccc(COC2CNCCC2(OCc2c#cccc2)c2ccc(Cl)cc2)c1. The van der Waals surface area contributed by atoms with Gasteiger partial charge in [0.05, 0.1) is 13.2 Å². The summed E-state index contributed by atoms with van der Waals surface area (Å²) in [4.78, 5) is 0. The summed E-state index contributed by atoms with van der Waals surface area (Å²) in [6.45, 7) is 2.11. The van der Waals surface area contributed by atoms with E-state index in [1.165, 1.54) is 12.1 Å². The van der Waals surface area contributed by atoms with Crippen LogP contribution < -0.4 is 5.32 Å². The molecule has 154 valence electrons. The Bertz CT molecular complexity index is 951. The van der Waals surface area contributed by atoms with Crippen LogP contribution >= 0.6 is 11.6 Å². The van der Waals surface area contributed by atoms with Gasteiger partial charge in [0, 0.05) is 17.1 Å². The summed E-state index contributed by atoms with van der Waals surface area (Å²) in [6.07, 6.45) is 0.474. The summed E-state index contributed by atoms with van der Waals surface area (Å²) in [6, 6.07) is 26.0. The van der Waals surface area contributed by atoms with Crippen molar-refractivity contribution in [1.82, 2.24) is 5.32 Å². The molecule has 2 unspecified atom stereocenters. The topological polar surface area (TPSA) is 30.5 Å². The van der Waals surface area contributed by atoms with Crippen LogP contribution in [0, 0.1) is 17.9 Å². The summed E-state index contributed by atoms with van der Waals surface area (Å²) < 4.78 is 26.5. The number of piperidine rings is 1. The van der Waals surface area contributed by atoms with Gasteiger partial charge in [-0.25, -0.2) is 4.39 Å². The van der Waals surface area contributed by atoms with Crippen molar-refractivity contribution in [3.05, 3.63) is 106 Å². The van der Waals surface area contributed by atoms with E-state index in [0.29, 0.717) is 24.8 Å². The zero-order valence-corrected chi connectivity index (χ0v) is 17.3. The van der Waals surface area contributed by atoms with Crippen LogP contribution in [0.15, 0.2) is 66.7 Å². The molecule has 3 nitrogen and oxygen atoms in total. The first-order valence-corrected chi connectivity index (χ1v) is 10.4. The van der Waals surface area contributed by atoms with Gasteiger partial charge in [-0.05, 0) is 60.5 Å². The van der Waals surface area contributed by atoms with E-state index in [9.17, 15) is 4.39 Å². The predicted octanol–water partition coefficient (Wildman–Crippen LogP) is 5.07. The molecular weight excluding hydrogens is 401 g/mol. The standard InChI is InChI=1S/C25H23ClFNO2/c26-22-11-9-21(10-12-22)25(30-18-19-5-2-1-3-6-19)13-14-28-16-24(25)29-17-20-7-4-8-23(27)15-20/h1-2,4-5,7-12,15,24,28H,13-14,16-18H2. The molecule has 0 bridgehead atoms. The van der Waals surface area contributed by atoms with Gasteiger partial charge in [-0.1, -0.05) is 54.1 Å². The van der Waals surface area contributed by atoms with Gasteiger partial charge in [-0.15, -0.1) is 0 Å². The summed E-state index contributed by atoms with van der Waals surface area (Å²) >= 11 is 6.13. The third-order valence-corrected chi connectivity index (χ3v) is 5.64. The zero-order chi connectivity index (χ0) is 20.8. The van der Waals surface area contributed by atoms with Crippen molar-refractivity contribution in [3.8, 4) is 0 Å². The maximum Gasteiger partial charge on any atom is 0.123 e. The molecule has 0 saturated carbocycles. The number of hydrogen-bond donors (Lipinski definition) is 1. The van der Waals surface area contributed by atoms with E-state index in [2.05, 4.69) is 17.4 Å². The molecule has 1 aliphatic rings. The molecule has 1 fully saturated rings. The summed E-state index contributed by atoms with van der Waals surface area (Å²) in [5, 5.41) is 4.07. The molecule has 1 heterocycles. The van der Waals surface area contributed by atoms with Gasteiger partial charge in [-0.2, -0.15) is 0 Å². The second kappa shape index (κ2) is 9.59. The van der Waals surface area contributed by atoms with Crippen LogP contribution in [0.2, 0.25) is 5.02 Å². The molecular formula is C25H23ClFNO2. The number of rotatable bonds is 7. The first kappa shape index (κ1) is 20.8. The first-order valence-electron chi connectivity index (χ1n) is 10.00. The average molecular weight is 424 g/mol. The molecule has 1 aliphatic heterocycles. The normalized spacial score (nSPS) is 21.2. The number of benzene rings is 2. The number of ether oxygens (including phenoxy) is 2. The van der Waals surface area contributed by atoms with Crippen LogP contribution in [0.3, 0.4) is 0 Å². The molecule has 0 aliphatic carbocycles. The molecule has 2 atom stereocenters. The highest BCUT2D eigenvalue weighted by atomic mass is 35.5. The Hall–Kier alpha value is -2.42. The van der Waals surface area contributed by atoms with Crippen molar-refractivity contribution < 1.29 is 13.9 Å². The number of halogens is 2. The van der Waals surface area contributed by atoms with Gasteiger partial charge in [0.1, 0.15) is 17.5 Å². The molecule has 30 heavy (non-hydrogen) atoms. The Morgan fingerprint density at radius 1 is 1.10 bits per heavy atom. The minimum atomic E-state index is -0.660. The van der Waals surface area contributed by atoms with Gasteiger partial charge < -0.3 is 14.8 Å². The van der Waals surface area contributed by atoms with E-state index in [1.807, 2.05) is 48.5 Å². The smallest absolute Gasteiger partial charge is 0.123 e. The van der Waals surface area contributed by atoms with Gasteiger partial charge in [0.15, 0.2) is 0 Å². The van der Waals surface area contributed by atoms with Crippen LogP contribution in [-0.2, 0) is 28.3 Å². The molecule has 1 saturated heterocycles. The quantitative estimate of drug-likeness (QED) is 0.575. The highest BCUT2D eigenvalue weighted by molar-refractivity contribution is 6.30. The Morgan fingerprint density at radius 2 is 1.97 bits per heavy atom. The Labute approximate surface area is 181 Å². The molecule has 0 amide bonds. The lowest BCUT2D eigenvalue weighted by Crippen LogP contribution is -2.54. The van der Waals surface area contributed by atoms with E-state index in [-0.39, 0.29) is 11.9 Å². The fourth-order valence-corrected chi connectivity index (χ4v) is 3.97. The van der Waals surface area contributed by atoms with Gasteiger partial charge in [0.25, 0.3) is 0 Å². The number of nitrogens with one attached hydrogen (secondary N) is 1. The Balaban J connectivity index is 1.61. The van der Waals surface area contributed by atoms with Crippen LogP contribution in [-0.4, -0.2) is 19.2 Å². The summed E-state index contributed by atoms with van der Waals surface area (Å²) in [7, 11) is 0. The largest absolute Gasteiger partial charge is 0.369 e. The van der Waals surface area contributed by atoms with E-state index in [1.54, 1.807) is 6.07 Å². The summed E-state index contributed by atoms with van der Waals surface area (Å²) in [5.41, 5.74) is 2.06. The lowest BCUT2D eigenvalue weighted by Gasteiger charge is -2.44. The third kappa shape index (κ3) is 4.83. The monoisotopic (exact) mass is 423 g/mol. The maximum atomic E-state index is 13.6. The second-order valence-electron chi connectivity index (χ2n) is 7.39. The molecule has 0 radical (unpaired) electrons. The highest BCUT2D eigenvalue weighted by Gasteiger charge is 2.44. The molecule has 4 rings (SSSR count). The van der Waals surface area contributed by atoms with Crippen molar-refractivity contribution in [2.75, 3.05) is 13.1 Å². The van der Waals surface area contributed by atoms with Crippen LogP contribution in [0.25, 0.3) is 0 Å². The van der Waals surface area contributed by atoms with E-state index >= 15 is 0 Å². The molecule has 0 aromatic heterocycles. The molecule has 3 aromatic carbocycles. The lowest BCUT2D eigenvalue weighted by molar-refractivity contribution is -0.176. The minimum Gasteiger partial charge on any atom is -0.369 e. The van der Waals surface area contributed by atoms with E-state index in [0.717, 1.165) is 29.7 Å². The van der Waals surface area contributed by atoms with Crippen LogP contribution in [0.5, 0.6) is 0 Å². The van der Waals surface area contributed by atoms with Crippen molar-refractivity contribution in [2.45, 2.75) is 31.3 Å². The summed E-state index contributed by atoms with van der Waals surface area (Å²) in [5.74, 6) is -0.269. The van der Waals surface area contributed by atoms with E-state index < -0.39 is 5.60 Å². The molecule has 5 heteroatoms. The highest BCUT2D eigenvalue weighted by Crippen LogP contribution is 2.38. The lowest BCUT2D eigenvalue weighted by atomic mass is 9.82. The fraction of sp³-hybridized carbons (Fsp3) is 0.280. The Kier molecular flexibility index (Phi) is 6.66. The molecule has 3 aromatic rings. The first-order chi connectivity index (χ1) is 14.7. The van der Waals surface area contributed by atoms with Crippen LogP contribution in [0.4, 0.5) is 4.39 Å². The molecule has 1 N–H and O–H groups in total. The molecule has 0 spiro atoms. The van der Waals surface area contributed by atoms with Crippen molar-refractivity contribution in [2.24, 2.45) is 0 Å². The van der Waals surface area contributed by atoms with Crippen molar-refractivity contribution in [1.29, 1.82) is 0 Å². The van der Waals surface area contributed by atoms with Gasteiger partial charge in [0.2, 0.25) is 0 Å². The second-order valence-corrected chi connectivity index (χ2v) is 7.83. The fourth-order valence-electron chi connectivity index (χ4n) is 3.84. The minimum absolute atomic E-state index is 0.261. The number of hydrogen-bond acceptors (Lipinski definition) is 3. The van der Waals surface area contributed by atoms with E-state index in [4.69, 9.17) is 21.1 Å². The Morgan fingerprint density at radius 3 is 2.73 bits per heavy atom. The van der Waals surface area contributed by atoms with Crippen molar-refractivity contribution in [3.63, 3.8) is 0 Å². The van der Waals surface area contributed by atoms with Gasteiger partial charge >= 0.3 is 0 Å².